The Bertz CT molecular complexity index is 867. The molecule has 11 nitrogen and oxygen atoms in total. The molecule has 0 aliphatic rings. The fourth-order valence-corrected chi connectivity index (χ4v) is 1.86. The minimum Gasteiger partial charge on any atom is -0.465 e. The SMILES string of the molecule is COC(=O)c1cc([N+](=O)[O-])c(=O)n(CC(=O)Nc2cc(C)on2)c1. The summed E-state index contributed by atoms with van der Waals surface area (Å²) < 4.78 is 9.98. The van der Waals surface area contributed by atoms with E-state index >= 15 is 0 Å². The summed E-state index contributed by atoms with van der Waals surface area (Å²) in [5, 5.41) is 16.8. The average molecular weight is 336 g/mol. The van der Waals surface area contributed by atoms with E-state index in [0.29, 0.717) is 5.76 Å². The van der Waals surface area contributed by atoms with Crippen LogP contribution in [-0.2, 0) is 16.1 Å². The number of esters is 1. The van der Waals surface area contributed by atoms with Crippen molar-refractivity contribution in [3.8, 4) is 0 Å². The third-order valence-electron chi connectivity index (χ3n) is 2.89. The van der Waals surface area contributed by atoms with Gasteiger partial charge in [-0.15, -0.1) is 0 Å². The number of pyridine rings is 1. The number of carbonyl (C=O) groups is 2. The number of anilines is 1. The third kappa shape index (κ3) is 3.63. The van der Waals surface area contributed by atoms with Crippen molar-refractivity contribution in [2.75, 3.05) is 12.4 Å². The van der Waals surface area contributed by atoms with Crippen LogP contribution < -0.4 is 10.9 Å². The number of rotatable bonds is 5. The van der Waals surface area contributed by atoms with Gasteiger partial charge in [-0.2, -0.15) is 0 Å². The molecule has 2 aromatic rings. The van der Waals surface area contributed by atoms with Crippen molar-refractivity contribution in [3.63, 3.8) is 0 Å². The summed E-state index contributed by atoms with van der Waals surface area (Å²) in [5.41, 5.74) is -2.10. The molecule has 24 heavy (non-hydrogen) atoms. The summed E-state index contributed by atoms with van der Waals surface area (Å²) in [6, 6.07) is 2.25. The van der Waals surface area contributed by atoms with Gasteiger partial charge in [0.15, 0.2) is 5.82 Å². The van der Waals surface area contributed by atoms with Gasteiger partial charge in [0.05, 0.1) is 17.6 Å². The largest absolute Gasteiger partial charge is 0.465 e. The van der Waals surface area contributed by atoms with E-state index in [1.165, 1.54) is 6.07 Å². The highest BCUT2D eigenvalue weighted by Crippen LogP contribution is 2.10. The molecule has 0 aromatic carbocycles. The Morgan fingerprint density at radius 3 is 2.71 bits per heavy atom. The normalized spacial score (nSPS) is 10.2. The summed E-state index contributed by atoms with van der Waals surface area (Å²) in [7, 11) is 1.09. The van der Waals surface area contributed by atoms with E-state index in [9.17, 15) is 24.5 Å². The predicted octanol–water partition coefficient (Wildman–Crippen LogP) is 0.478. The summed E-state index contributed by atoms with van der Waals surface area (Å²) in [4.78, 5) is 45.5. The van der Waals surface area contributed by atoms with Crippen LogP contribution in [0, 0.1) is 17.0 Å². The van der Waals surface area contributed by atoms with Crippen molar-refractivity contribution in [3.05, 3.63) is 50.1 Å². The standard InChI is InChI=1S/C13H12N4O7/c1-7-3-10(15-24-7)14-11(18)6-16-5-8(13(20)23-2)4-9(12(16)19)17(21)22/h3-5H,6H2,1-2H3,(H,14,15,18). The molecule has 2 heterocycles. The van der Waals surface area contributed by atoms with Gasteiger partial charge in [0.25, 0.3) is 0 Å². The molecule has 0 bridgehead atoms. The van der Waals surface area contributed by atoms with Gasteiger partial charge < -0.3 is 14.6 Å². The van der Waals surface area contributed by atoms with Crippen molar-refractivity contribution in [2.45, 2.75) is 13.5 Å². The lowest BCUT2D eigenvalue weighted by atomic mass is 10.2. The van der Waals surface area contributed by atoms with Crippen LogP contribution in [-0.4, -0.2) is 33.6 Å². The highest BCUT2D eigenvalue weighted by atomic mass is 16.6. The quantitative estimate of drug-likeness (QED) is 0.471. The van der Waals surface area contributed by atoms with Crippen molar-refractivity contribution in [1.29, 1.82) is 0 Å². The number of methoxy groups -OCH3 is 1. The van der Waals surface area contributed by atoms with E-state index in [2.05, 4.69) is 15.2 Å². The molecule has 0 saturated carbocycles. The zero-order valence-electron chi connectivity index (χ0n) is 12.6. The van der Waals surface area contributed by atoms with Crippen LogP contribution in [0.5, 0.6) is 0 Å². The monoisotopic (exact) mass is 336 g/mol. The third-order valence-corrected chi connectivity index (χ3v) is 2.89. The van der Waals surface area contributed by atoms with Crippen molar-refractivity contribution < 1.29 is 23.8 Å². The molecule has 1 N–H and O–H groups in total. The molecule has 0 radical (unpaired) electrons. The molecule has 0 aliphatic carbocycles. The van der Waals surface area contributed by atoms with Gasteiger partial charge >= 0.3 is 17.2 Å². The summed E-state index contributed by atoms with van der Waals surface area (Å²) >= 11 is 0. The zero-order chi connectivity index (χ0) is 17.9. The molecule has 0 saturated heterocycles. The summed E-state index contributed by atoms with van der Waals surface area (Å²) in [6.07, 6.45) is 1.01. The first-order valence-electron chi connectivity index (χ1n) is 6.52. The Morgan fingerprint density at radius 2 is 2.17 bits per heavy atom. The van der Waals surface area contributed by atoms with Crippen molar-refractivity contribution in [2.24, 2.45) is 0 Å². The molecule has 0 fully saturated rings. The fourth-order valence-electron chi connectivity index (χ4n) is 1.86. The molecule has 0 spiro atoms. The van der Waals surface area contributed by atoms with Crippen LogP contribution in [0.1, 0.15) is 16.1 Å². The second-order valence-electron chi connectivity index (χ2n) is 4.67. The van der Waals surface area contributed by atoms with Crippen molar-refractivity contribution >= 4 is 23.4 Å². The molecule has 11 heteroatoms. The van der Waals surface area contributed by atoms with Crippen LogP contribution in [0.4, 0.5) is 11.5 Å². The number of ether oxygens (including phenoxy) is 1. The first kappa shape index (κ1) is 16.9. The van der Waals surface area contributed by atoms with Crippen LogP contribution >= 0.6 is 0 Å². The lowest BCUT2D eigenvalue weighted by Gasteiger charge is -2.07. The Morgan fingerprint density at radius 1 is 1.46 bits per heavy atom. The highest BCUT2D eigenvalue weighted by Gasteiger charge is 2.21. The second-order valence-corrected chi connectivity index (χ2v) is 4.67. The number of aromatic nitrogens is 2. The molecular weight excluding hydrogens is 324 g/mol. The number of nitrogens with zero attached hydrogens (tertiary/aromatic N) is 3. The average Bonchev–Trinajstić information content (AvgIpc) is 2.92. The van der Waals surface area contributed by atoms with E-state index < -0.39 is 34.6 Å². The number of hydrogen-bond donors (Lipinski definition) is 1. The highest BCUT2D eigenvalue weighted by molar-refractivity contribution is 5.91. The van der Waals surface area contributed by atoms with Gasteiger partial charge in [-0.05, 0) is 6.92 Å². The van der Waals surface area contributed by atoms with Crippen LogP contribution in [0.15, 0.2) is 27.6 Å². The molecule has 0 aliphatic heterocycles. The number of amides is 1. The van der Waals surface area contributed by atoms with Crippen LogP contribution in [0.25, 0.3) is 0 Å². The maximum absolute atomic E-state index is 12.0. The van der Waals surface area contributed by atoms with Crippen LogP contribution in [0.3, 0.4) is 0 Å². The van der Waals surface area contributed by atoms with Crippen molar-refractivity contribution in [1.82, 2.24) is 9.72 Å². The van der Waals surface area contributed by atoms with Gasteiger partial charge in [0.1, 0.15) is 12.3 Å². The van der Waals surface area contributed by atoms with E-state index in [0.717, 1.165) is 23.9 Å². The van der Waals surface area contributed by atoms with Gasteiger partial charge in [0, 0.05) is 18.3 Å². The minimum atomic E-state index is -1.03. The summed E-state index contributed by atoms with van der Waals surface area (Å²) in [6.45, 7) is 1.06. The maximum Gasteiger partial charge on any atom is 0.339 e. The van der Waals surface area contributed by atoms with Gasteiger partial charge in [-0.25, -0.2) is 4.79 Å². The molecular formula is C13H12N4O7. The van der Waals surface area contributed by atoms with E-state index in [1.807, 2.05) is 0 Å². The first-order valence-corrected chi connectivity index (χ1v) is 6.52. The Balaban J connectivity index is 2.32. The van der Waals surface area contributed by atoms with Gasteiger partial charge in [-0.1, -0.05) is 5.16 Å². The predicted molar refractivity (Wildman–Crippen MR) is 78.6 cm³/mol. The zero-order valence-corrected chi connectivity index (χ0v) is 12.6. The Hall–Kier alpha value is -3.50. The lowest BCUT2D eigenvalue weighted by Crippen LogP contribution is -2.29. The molecule has 2 aromatic heterocycles. The number of hydrogen-bond acceptors (Lipinski definition) is 8. The number of nitrogens with one attached hydrogen (secondary N) is 1. The lowest BCUT2D eigenvalue weighted by molar-refractivity contribution is -0.386. The second kappa shape index (κ2) is 6.73. The number of aryl methyl sites for hydroxylation is 1. The molecule has 1 amide bonds. The number of nitro groups is 1. The fraction of sp³-hybridized carbons (Fsp3) is 0.231. The molecule has 0 atom stereocenters. The molecule has 0 unspecified atom stereocenters. The Kier molecular flexibility index (Phi) is 4.73. The van der Waals surface area contributed by atoms with E-state index in [-0.39, 0.29) is 11.4 Å². The summed E-state index contributed by atoms with van der Waals surface area (Å²) in [5.74, 6) is -0.962. The topological polar surface area (TPSA) is 147 Å². The first-order chi connectivity index (χ1) is 11.3. The van der Waals surface area contributed by atoms with E-state index in [1.54, 1.807) is 6.92 Å². The van der Waals surface area contributed by atoms with Crippen LogP contribution in [0.2, 0.25) is 0 Å². The Labute approximate surface area is 134 Å². The minimum absolute atomic E-state index is 0.129. The molecule has 2 rings (SSSR count). The van der Waals surface area contributed by atoms with E-state index in [4.69, 9.17) is 4.52 Å². The number of carbonyl (C=O) groups excluding carboxylic acids is 2. The molecule has 126 valence electrons. The van der Waals surface area contributed by atoms with Gasteiger partial charge in [-0.3, -0.25) is 24.3 Å². The smallest absolute Gasteiger partial charge is 0.339 e. The maximum atomic E-state index is 12.0. The van der Waals surface area contributed by atoms with Gasteiger partial charge in [0.2, 0.25) is 5.91 Å².